The van der Waals surface area contributed by atoms with Crippen molar-refractivity contribution in [2.75, 3.05) is 10.6 Å². The van der Waals surface area contributed by atoms with E-state index in [1.807, 2.05) is 11.4 Å². The van der Waals surface area contributed by atoms with Gasteiger partial charge in [0.2, 0.25) is 5.72 Å². The van der Waals surface area contributed by atoms with Crippen LogP contribution < -0.4 is 15.4 Å². The molecule has 2 aromatic carbocycles. The van der Waals surface area contributed by atoms with Crippen LogP contribution in [-0.4, -0.2) is 43.2 Å². The lowest BCUT2D eigenvalue weighted by Gasteiger charge is -2.15. The predicted octanol–water partition coefficient (Wildman–Crippen LogP) is 3.89. The lowest BCUT2D eigenvalue weighted by Crippen LogP contribution is -2.34. The molecule has 4 aromatic rings. The Bertz CT molecular complexity index is 1370. The standard InChI is InChI=1S/C22H19ClN6O4S/c1-22(31)20(30)33-21(29-22)28-12-2-4-16-14(8-12)19(26-11-25-16)27-13-3-5-17(15(23)9-13)32-10-18-24-6-7-34-18/h2-9,11,20,30-31H,10H2,1H3,(H,28,29)(H,25,26,27). The maximum absolute atomic E-state index is 9.96. The molecule has 2 atom stereocenters. The Labute approximate surface area is 202 Å². The SMILES string of the molecule is CC1(O)N=C(Nc2ccc3ncnc(Nc4ccc(OCc5nccs5)c(Cl)c4)c3c2)OC1O. The minimum Gasteiger partial charge on any atom is -0.485 e. The average Bonchev–Trinajstić information content (AvgIpc) is 3.41. The number of rotatable bonds is 6. The number of aliphatic hydroxyl groups excluding tert-OH is 1. The van der Waals surface area contributed by atoms with E-state index in [1.165, 1.54) is 24.6 Å². The number of halogens is 1. The molecule has 5 rings (SSSR count). The Kier molecular flexibility index (Phi) is 5.92. The van der Waals surface area contributed by atoms with Crippen LogP contribution in [0.2, 0.25) is 5.02 Å². The molecule has 4 N–H and O–H groups in total. The minimum atomic E-state index is -1.72. The van der Waals surface area contributed by atoms with Crippen LogP contribution in [0.3, 0.4) is 0 Å². The first kappa shape index (κ1) is 22.3. The minimum absolute atomic E-state index is 0.00308. The van der Waals surface area contributed by atoms with E-state index in [0.717, 1.165) is 10.4 Å². The molecule has 0 fully saturated rings. The van der Waals surface area contributed by atoms with Crippen molar-refractivity contribution in [3.8, 4) is 5.75 Å². The number of amidine groups is 1. The van der Waals surface area contributed by atoms with Crippen molar-refractivity contribution in [3.63, 3.8) is 0 Å². The molecule has 2 aromatic heterocycles. The molecule has 0 saturated heterocycles. The quantitative estimate of drug-likeness (QED) is 0.312. The smallest absolute Gasteiger partial charge is 0.294 e. The van der Waals surface area contributed by atoms with Crippen LogP contribution >= 0.6 is 22.9 Å². The number of hydrogen-bond acceptors (Lipinski definition) is 11. The number of aliphatic imine (C=N–C) groups is 1. The molecule has 1 aliphatic rings. The molecular weight excluding hydrogens is 480 g/mol. The van der Waals surface area contributed by atoms with Gasteiger partial charge in [-0.1, -0.05) is 11.6 Å². The van der Waals surface area contributed by atoms with Crippen LogP contribution in [0.1, 0.15) is 11.9 Å². The molecule has 0 radical (unpaired) electrons. The average molecular weight is 499 g/mol. The van der Waals surface area contributed by atoms with Crippen LogP contribution in [0.15, 0.2) is 59.3 Å². The number of fused-ring (bicyclic) bond motifs is 1. The molecule has 10 nitrogen and oxygen atoms in total. The van der Waals surface area contributed by atoms with E-state index in [2.05, 4.69) is 30.6 Å². The number of hydrogen-bond donors (Lipinski definition) is 4. The lowest BCUT2D eigenvalue weighted by molar-refractivity contribution is -0.140. The normalized spacial score (nSPS) is 19.5. The van der Waals surface area contributed by atoms with Gasteiger partial charge in [0.25, 0.3) is 12.3 Å². The number of ether oxygens (including phenoxy) is 2. The second-order valence-electron chi connectivity index (χ2n) is 7.55. The lowest BCUT2D eigenvalue weighted by atomic mass is 10.2. The molecule has 174 valence electrons. The van der Waals surface area contributed by atoms with Crippen molar-refractivity contribution >= 4 is 57.1 Å². The summed E-state index contributed by atoms with van der Waals surface area (Å²) in [4.78, 5) is 16.8. The Morgan fingerprint density at radius 3 is 2.71 bits per heavy atom. The van der Waals surface area contributed by atoms with Gasteiger partial charge in [0.15, 0.2) is 0 Å². The zero-order chi connectivity index (χ0) is 23.7. The van der Waals surface area contributed by atoms with Gasteiger partial charge >= 0.3 is 0 Å². The second-order valence-corrected chi connectivity index (χ2v) is 8.93. The van der Waals surface area contributed by atoms with E-state index in [9.17, 15) is 10.2 Å². The fourth-order valence-electron chi connectivity index (χ4n) is 3.22. The number of nitrogens with one attached hydrogen (secondary N) is 2. The molecule has 2 unspecified atom stereocenters. The van der Waals surface area contributed by atoms with Crippen LogP contribution in [0.5, 0.6) is 5.75 Å². The number of thiazole rings is 1. The van der Waals surface area contributed by atoms with E-state index in [4.69, 9.17) is 21.1 Å². The summed E-state index contributed by atoms with van der Waals surface area (Å²) < 4.78 is 10.9. The number of benzene rings is 2. The zero-order valence-electron chi connectivity index (χ0n) is 17.8. The summed E-state index contributed by atoms with van der Waals surface area (Å²) in [6.45, 7) is 1.70. The maximum atomic E-state index is 9.96. The number of aliphatic hydroxyl groups is 2. The highest BCUT2D eigenvalue weighted by Gasteiger charge is 2.39. The van der Waals surface area contributed by atoms with Gasteiger partial charge in [-0.15, -0.1) is 11.3 Å². The first-order valence-electron chi connectivity index (χ1n) is 10.1. The summed E-state index contributed by atoms with van der Waals surface area (Å²) in [5.41, 5.74) is 0.314. The summed E-state index contributed by atoms with van der Waals surface area (Å²) >= 11 is 7.93. The van der Waals surface area contributed by atoms with Crippen molar-refractivity contribution in [1.29, 1.82) is 0 Å². The molecule has 12 heteroatoms. The Balaban J connectivity index is 1.35. The van der Waals surface area contributed by atoms with Crippen molar-refractivity contribution in [2.45, 2.75) is 25.5 Å². The summed E-state index contributed by atoms with van der Waals surface area (Å²) in [7, 11) is 0. The highest BCUT2D eigenvalue weighted by Crippen LogP contribution is 2.32. The van der Waals surface area contributed by atoms with Gasteiger partial charge in [-0.05, 0) is 43.3 Å². The maximum Gasteiger partial charge on any atom is 0.294 e. The third-order valence-corrected chi connectivity index (χ3v) is 5.98. The van der Waals surface area contributed by atoms with Gasteiger partial charge in [0.05, 0.1) is 10.5 Å². The zero-order valence-corrected chi connectivity index (χ0v) is 19.3. The fourth-order valence-corrected chi connectivity index (χ4v) is 3.98. The van der Waals surface area contributed by atoms with E-state index in [1.54, 1.807) is 36.5 Å². The van der Waals surface area contributed by atoms with E-state index in [0.29, 0.717) is 40.1 Å². The molecule has 34 heavy (non-hydrogen) atoms. The molecule has 0 bridgehead atoms. The van der Waals surface area contributed by atoms with Gasteiger partial charge in [-0.2, -0.15) is 4.99 Å². The van der Waals surface area contributed by atoms with Gasteiger partial charge in [0.1, 0.15) is 29.5 Å². The van der Waals surface area contributed by atoms with Gasteiger partial charge in [0, 0.05) is 28.3 Å². The largest absolute Gasteiger partial charge is 0.485 e. The van der Waals surface area contributed by atoms with Crippen LogP contribution in [0.4, 0.5) is 17.2 Å². The topological polar surface area (TPSA) is 134 Å². The molecule has 0 amide bonds. The highest BCUT2D eigenvalue weighted by atomic mass is 35.5. The van der Waals surface area contributed by atoms with E-state index < -0.39 is 12.0 Å². The Morgan fingerprint density at radius 2 is 1.97 bits per heavy atom. The van der Waals surface area contributed by atoms with E-state index in [-0.39, 0.29) is 6.02 Å². The van der Waals surface area contributed by atoms with Gasteiger partial charge in [-0.25, -0.2) is 15.0 Å². The third kappa shape index (κ3) is 4.73. The molecule has 0 spiro atoms. The van der Waals surface area contributed by atoms with Gasteiger partial charge < -0.3 is 30.3 Å². The predicted molar refractivity (Wildman–Crippen MR) is 129 cm³/mol. The number of nitrogens with zero attached hydrogens (tertiary/aromatic N) is 4. The monoisotopic (exact) mass is 498 g/mol. The second kappa shape index (κ2) is 9.03. The molecular formula is C22H19ClN6O4S. The van der Waals surface area contributed by atoms with Gasteiger partial charge in [-0.3, -0.25) is 0 Å². The molecule has 0 aliphatic carbocycles. The summed E-state index contributed by atoms with van der Waals surface area (Å²) in [5.74, 6) is 1.11. The Morgan fingerprint density at radius 1 is 1.15 bits per heavy atom. The van der Waals surface area contributed by atoms with Crippen molar-refractivity contribution in [1.82, 2.24) is 15.0 Å². The van der Waals surface area contributed by atoms with Crippen LogP contribution in [-0.2, 0) is 11.3 Å². The number of aromatic nitrogens is 3. The first-order valence-corrected chi connectivity index (χ1v) is 11.4. The van der Waals surface area contributed by atoms with Crippen molar-refractivity contribution in [2.24, 2.45) is 4.99 Å². The fraction of sp³-hybridized carbons (Fsp3) is 0.182. The summed E-state index contributed by atoms with van der Waals surface area (Å²) in [5, 5.41) is 29.8. The number of anilines is 3. The third-order valence-electron chi connectivity index (χ3n) is 4.93. The molecule has 0 saturated carbocycles. The molecule has 3 heterocycles. The van der Waals surface area contributed by atoms with E-state index >= 15 is 0 Å². The first-order chi connectivity index (χ1) is 16.4. The van der Waals surface area contributed by atoms with Crippen LogP contribution in [0.25, 0.3) is 10.9 Å². The molecule has 1 aliphatic heterocycles. The highest BCUT2D eigenvalue weighted by molar-refractivity contribution is 7.09. The van der Waals surface area contributed by atoms with Crippen LogP contribution in [0, 0.1) is 0 Å². The summed E-state index contributed by atoms with van der Waals surface area (Å²) in [6.07, 6.45) is 1.74. The van der Waals surface area contributed by atoms with Crippen molar-refractivity contribution < 1.29 is 19.7 Å². The van der Waals surface area contributed by atoms with Crippen molar-refractivity contribution in [3.05, 3.63) is 64.3 Å². The summed E-state index contributed by atoms with van der Waals surface area (Å²) in [6, 6.07) is 10.7. The Hall–Kier alpha value is -3.51.